The van der Waals surface area contributed by atoms with Gasteiger partial charge in [0.15, 0.2) is 0 Å². The predicted molar refractivity (Wildman–Crippen MR) is 86.2 cm³/mol. The van der Waals surface area contributed by atoms with Crippen LogP contribution in [0.3, 0.4) is 0 Å². The van der Waals surface area contributed by atoms with Crippen LogP contribution in [0.2, 0.25) is 0 Å². The molecule has 2 heterocycles. The highest BCUT2D eigenvalue weighted by atomic mass is 79.9. The van der Waals surface area contributed by atoms with Crippen molar-refractivity contribution < 1.29 is 0 Å². The van der Waals surface area contributed by atoms with E-state index in [-0.39, 0.29) is 11.6 Å². The molecule has 0 saturated carbocycles. The first-order valence-corrected chi connectivity index (χ1v) is 8.74. The van der Waals surface area contributed by atoms with Crippen molar-refractivity contribution in [1.82, 2.24) is 10.3 Å². The molecule has 0 spiro atoms. The third kappa shape index (κ3) is 3.05. The van der Waals surface area contributed by atoms with E-state index in [1.807, 2.05) is 0 Å². The number of hydrogen-bond donors (Lipinski definition) is 2. The molecule has 0 aromatic carbocycles. The lowest BCUT2D eigenvalue weighted by Gasteiger charge is -2.47. The number of nitrogens with one attached hydrogen (secondary N) is 1. The summed E-state index contributed by atoms with van der Waals surface area (Å²) in [5.41, 5.74) is 3.14. The van der Waals surface area contributed by atoms with E-state index in [1.54, 1.807) is 11.3 Å². The Labute approximate surface area is 128 Å². The van der Waals surface area contributed by atoms with Gasteiger partial charge >= 0.3 is 0 Å². The van der Waals surface area contributed by atoms with Gasteiger partial charge in [0.1, 0.15) is 0 Å². The van der Waals surface area contributed by atoms with E-state index in [0.29, 0.717) is 0 Å². The summed E-state index contributed by atoms with van der Waals surface area (Å²) in [4.78, 5) is 3.92. The van der Waals surface area contributed by atoms with Gasteiger partial charge in [0.2, 0.25) is 0 Å². The van der Waals surface area contributed by atoms with Crippen LogP contribution in [0.1, 0.15) is 50.4 Å². The van der Waals surface area contributed by atoms with Crippen molar-refractivity contribution in [3.63, 3.8) is 0 Å². The topological polar surface area (TPSA) is 41.3 Å². The SMILES string of the molecule is CCC(C)(C(NN)c1sccc1Br)N1CCCCC1. The van der Waals surface area contributed by atoms with Crippen LogP contribution in [0.15, 0.2) is 15.9 Å². The first-order chi connectivity index (χ1) is 9.13. The summed E-state index contributed by atoms with van der Waals surface area (Å²) in [6, 6.07) is 2.28. The van der Waals surface area contributed by atoms with Crippen molar-refractivity contribution >= 4 is 27.3 Å². The first kappa shape index (κ1) is 15.4. The number of piperidine rings is 1. The maximum absolute atomic E-state index is 5.91. The Balaban J connectivity index is 2.29. The summed E-state index contributed by atoms with van der Waals surface area (Å²) in [5.74, 6) is 5.91. The Morgan fingerprint density at radius 3 is 2.63 bits per heavy atom. The fourth-order valence-electron chi connectivity index (χ4n) is 3.06. The Kier molecular flexibility index (Phi) is 5.43. The standard InChI is InChI=1S/C14H24BrN3S/c1-3-14(2,18-8-5-4-6-9-18)13(17-16)12-11(15)7-10-19-12/h7,10,13,17H,3-6,8-9,16H2,1-2H3. The number of hydrogen-bond acceptors (Lipinski definition) is 4. The number of nitrogens with two attached hydrogens (primary N) is 1. The first-order valence-electron chi connectivity index (χ1n) is 7.07. The van der Waals surface area contributed by atoms with E-state index in [0.717, 1.165) is 10.9 Å². The van der Waals surface area contributed by atoms with Gasteiger partial charge in [-0.25, -0.2) is 0 Å². The average Bonchev–Trinajstić information content (AvgIpc) is 2.86. The zero-order valence-corrected chi connectivity index (χ0v) is 14.2. The van der Waals surface area contributed by atoms with E-state index in [9.17, 15) is 0 Å². The molecule has 0 aliphatic carbocycles. The number of halogens is 1. The zero-order valence-electron chi connectivity index (χ0n) is 11.8. The molecule has 1 aliphatic rings. The number of thiophene rings is 1. The molecule has 19 heavy (non-hydrogen) atoms. The van der Waals surface area contributed by atoms with Crippen LogP contribution in [0, 0.1) is 0 Å². The maximum Gasteiger partial charge on any atom is 0.0745 e. The van der Waals surface area contributed by atoms with Gasteiger partial charge in [0.25, 0.3) is 0 Å². The predicted octanol–water partition coefficient (Wildman–Crippen LogP) is 3.67. The fraction of sp³-hybridized carbons (Fsp3) is 0.714. The van der Waals surface area contributed by atoms with E-state index >= 15 is 0 Å². The summed E-state index contributed by atoms with van der Waals surface area (Å²) >= 11 is 5.42. The number of rotatable bonds is 5. The molecule has 1 fully saturated rings. The lowest BCUT2D eigenvalue weighted by Crippen LogP contribution is -2.57. The second-order valence-corrected chi connectivity index (χ2v) is 7.29. The van der Waals surface area contributed by atoms with Gasteiger partial charge in [0, 0.05) is 14.9 Å². The van der Waals surface area contributed by atoms with Gasteiger partial charge in [-0.05, 0) is 66.7 Å². The minimum absolute atomic E-state index is 0.0720. The van der Waals surface area contributed by atoms with Crippen molar-refractivity contribution in [2.75, 3.05) is 13.1 Å². The Hall–Kier alpha value is 0.0600. The molecule has 2 atom stereocenters. The van der Waals surface area contributed by atoms with E-state index in [1.165, 1.54) is 37.2 Å². The Bertz CT molecular complexity index is 403. The third-order valence-electron chi connectivity index (χ3n) is 4.49. The minimum atomic E-state index is 0.0720. The summed E-state index contributed by atoms with van der Waals surface area (Å²) in [7, 11) is 0. The summed E-state index contributed by atoms with van der Waals surface area (Å²) in [6.45, 7) is 6.98. The van der Waals surface area contributed by atoms with Crippen LogP contribution in [-0.4, -0.2) is 23.5 Å². The van der Waals surface area contributed by atoms with Crippen molar-refractivity contribution in [3.8, 4) is 0 Å². The third-order valence-corrected chi connectivity index (χ3v) is 6.43. The molecule has 1 aromatic heterocycles. The molecule has 0 bridgehead atoms. The van der Waals surface area contributed by atoms with Gasteiger partial charge in [0.05, 0.1) is 6.04 Å². The number of likely N-dealkylation sites (tertiary alicyclic amines) is 1. The summed E-state index contributed by atoms with van der Waals surface area (Å²) in [6.07, 6.45) is 5.06. The molecule has 0 radical (unpaired) electrons. The van der Waals surface area contributed by atoms with Crippen LogP contribution < -0.4 is 11.3 Å². The van der Waals surface area contributed by atoms with Crippen molar-refractivity contribution in [3.05, 3.63) is 20.8 Å². The molecule has 0 amide bonds. The van der Waals surface area contributed by atoms with Crippen molar-refractivity contribution in [2.45, 2.75) is 51.1 Å². The van der Waals surface area contributed by atoms with Gasteiger partial charge in [-0.15, -0.1) is 11.3 Å². The molecule has 108 valence electrons. The molecule has 1 aromatic rings. The van der Waals surface area contributed by atoms with Crippen LogP contribution in [0.25, 0.3) is 0 Å². The molecule has 1 saturated heterocycles. The normalized spacial score (nSPS) is 22.1. The highest BCUT2D eigenvalue weighted by molar-refractivity contribution is 9.10. The molecule has 2 rings (SSSR count). The van der Waals surface area contributed by atoms with Crippen LogP contribution >= 0.6 is 27.3 Å². The Morgan fingerprint density at radius 1 is 1.47 bits per heavy atom. The minimum Gasteiger partial charge on any atom is -0.296 e. The van der Waals surface area contributed by atoms with Crippen molar-refractivity contribution in [2.24, 2.45) is 5.84 Å². The highest BCUT2D eigenvalue weighted by Gasteiger charge is 2.40. The smallest absolute Gasteiger partial charge is 0.0745 e. The molecule has 1 aliphatic heterocycles. The molecular weight excluding hydrogens is 322 g/mol. The average molecular weight is 346 g/mol. The lowest BCUT2D eigenvalue weighted by atomic mass is 9.85. The fourth-order valence-corrected chi connectivity index (χ4v) is 4.87. The summed E-state index contributed by atoms with van der Waals surface area (Å²) < 4.78 is 1.16. The molecule has 2 unspecified atom stereocenters. The summed E-state index contributed by atoms with van der Waals surface area (Å²) in [5, 5.41) is 2.12. The quantitative estimate of drug-likeness (QED) is 0.631. The second kappa shape index (κ2) is 6.68. The molecule has 3 N–H and O–H groups in total. The zero-order chi connectivity index (χ0) is 13.9. The molecule has 3 nitrogen and oxygen atoms in total. The number of hydrazine groups is 1. The maximum atomic E-state index is 5.91. The molecular formula is C14H24BrN3S. The largest absolute Gasteiger partial charge is 0.296 e. The van der Waals surface area contributed by atoms with E-state index < -0.39 is 0 Å². The highest BCUT2D eigenvalue weighted by Crippen LogP contribution is 2.40. The van der Waals surface area contributed by atoms with Gasteiger partial charge in [-0.2, -0.15) is 0 Å². The second-order valence-electron chi connectivity index (χ2n) is 5.49. The van der Waals surface area contributed by atoms with Crippen LogP contribution in [0.4, 0.5) is 0 Å². The van der Waals surface area contributed by atoms with E-state index in [4.69, 9.17) is 5.84 Å². The van der Waals surface area contributed by atoms with Crippen LogP contribution in [0.5, 0.6) is 0 Å². The lowest BCUT2D eigenvalue weighted by molar-refractivity contribution is 0.0433. The monoisotopic (exact) mass is 345 g/mol. The van der Waals surface area contributed by atoms with Gasteiger partial charge < -0.3 is 0 Å². The van der Waals surface area contributed by atoms with Crippen LogP contribution in [-0.2, 0) is 0 Å². The van der Waals surface area contributed by atoms with E-state index in [2.05, 4.69) is 51.5 Å². The number of nitrogens with zero attached hydrogens (tertiary/aromatic N) is 1. The van der Waals surface area contributed by atoms with Gasteiger partial charge in [-0.3, -0.25) is 16.2 Å². The van der Waals surface area contributed by atoms with Gasteiger partial charge in [-0.1, -0.05) is 13.3 Å². The van der Waals surface area contributed by atoms with Crippen molar-refractivity contribution in [1.29, 1.82) is 0 Å². The Morgan fingerprint density at radius 2 is 2.16 bits per heavy atom. The molecule has 5 heteroatoms.